The van der Waals surface area contributed by atoms with Gasteiger partial charge in [-0.3, -0.25) is 9.59 Å². The van der Waals surface area contributed by atoms with Gasteiger partial charge in [-0.1, -0.05) is 72.8 Å². The number of benzene rings is 3. The van der Waals surface area contributed by atoms with Crippen LogP contribution in [-0.2, 0) is 14.3 Å². The Balaban J connectivity index is 1.42. The third-order valence-corrected chi connectivity index (χ3v) is 7.88. The van der Waals surface area contributed by atoms with E-state index in [0.29, 0.717) is 36.8 Å². The molecule has 4 heteroatoms. The van der Waals surface area contributed by atoms with E-state index in [9.17, 15) is 9.59 Å². The van der Waals surface area contributed by atoms with Crippen molar-refractivity contribution in [3.63, 3.8) is 0 Å². The minimum absolute atomic E-state index is 0.0660. The zero-order chi connectivity index (χ0) is 26.2. The molecule has 1 heterocycles. The average molecular weight is 505 g/mol. The molecule has 0 aromatic heterocycles. The molecule has 0 amide bonds. The molecule has 0 spiro atoms. The Morgan fingerprint density at radius 2 is 1.11 bits per heavy atom. The number of ketones is 2. The number of Topliss-reactive ketones (excluding diaryl/α,β-unsaturated/α-hetero) is 2. The number of ether oxygens (including phenoxy) is 2. The summed E-state index contributed by atoms with van der Waals surface area (Å²) in [5.74, 6) is 2.08. The van der Waals surface area contributed by atoms with E-state index in [0.717, 1.165) is 34.0 Å². The van der Waals surface area contributed by atoms with Crippen molar-refractivity contribution in [2.45, 2.75) is 63.4 Å². The van der Waals surface area contributed by atoms with Gasteiger partial charge in [-0.2, -0.15) is 0 Å². The first-order valence-electron chi connectivity index (χ1n) is 13.5. The average Bonchev–Trinajstić information content (AvgIpc) is 2.93. The second kappa shape index (κ2) is 10.1. The maximum absolute atomic E-state index is 13.8. The van der Waals surface area contributed by atoms with Crippen LogP contribution in [0.25, 0.3) is 0 Å². The minimum Gasteiger partial charge on any atom is -0.491 e. The molecule has 38 heavy (non-hydrogen) atoms. The molecular weight excluding hydrogens is 472 g/mol. The van der Waals surface area contributed by atoms with E-state index in [1.165, 1.54) is 0 Å². The summed E-state index contributed by atoms with van der Waals surface area (Å²) >= 11 is 0. The van der Waals surface area contributed by atoms with Crippen LogP contribution in [0.2, 0.25) is 0 Å². The second-order valence-corrected chi connectivity index (χ2v) is 10.8. The molecule has 0 fully saturated rings. The van der Waals surface area contributed by atoms with Gasteiger partial charge < -0.3 is 9.47 Å². The molecule has 0 saturated carbocycles. The molecule has 3 aromatic rings. The molecule has 0 bridgehead atoms. The van der Waals surface area contributed by atoms with Crippen LogP contribution >= 0.6 is 0 Å². The molecule has 1 unspecified atom stereocenters. The molecule has 0 N–H and O–H groups in total. The molecule has 0 saturated heterocycles. The largest absolute Gasteiger partial charge is 0.491 e. The minimum atomic E-state index is -0.407. The number of carbonyl (C=O) groups excluding carboxylic acids is 2. The molecule has 3 aromatic carbocycles. The van der Waals surface area contributed by atoms with Crippen LogP contribution in [0, 0.1) is 0 Å². The number of carbonyl (C=O) groups is 2. The summed E-state index contributed by atoms with van der Waals surface area (Å²) < 4.78 is 12.4. The van der Waals surface area contributed by atoms with Crippen molar-refractivity contribution < 1.29 is 19.1 Å². The Labute approximate surface area is 224 Å². The van der Waals surface area contributed by atoms with Crippen molar-refractivity contribution in [2.24, 2.45) is 0 Å². The standard InChI is InChI=1S/C34H32O4/c1-21(2)37-27-15-13-24(14-16-27)32-33-28(35)17-25(22-9-5-3-6-10-22)19-30(33)38-31-20-26(18-29(36)34(31)32)23-11-7-4-8-12-23/h3-16,21,25-26,32H,17-20H2,1-2H3/t25-,26+,32?. The summed E-state index contributed by atoms with van der Waals surface area (Å²) in [4.78, 5) is 27.6. The fourth-order valence-electron chi connectivity index (χ4n) is 6.19. The Bertz CT molecular complexity index is 1330. The van der Waals surface area contributed by atoms with Gasteiger partial charge >= 0.3 is 0 Å². The van der Waals surface area contributed by atoms with Crippen LogP contribution in [0.4, 0.5) is 0 Å². The molecule has 4 nitrogen and oxygen atoms in total. The number of rotatable bonds is 5. The van der Waals surface area contributed by atoms with Crippen LogP contribution in [0.5, 0.6) is 5.75 Å². The van der Waals surface area contributed by atoms with Crippen LogP contribution in [0.15, 0.2) is 108 Å². The third kappa shape index (κ3) is 4.60. The molecule has 3 atom stereocenters. The van der Waals surface area contributed by atoms with Crippen molar-refractivity contribution >= 4 is 11.6 Å². The van der Waals surface area contributed by atoms with Crippen LogP contribution in [0.1, 0.15) is 74.0 Å². The number of allylic oxidation sites excluding steroid dienone is 4. The highest BCUT2D eigenvalue weighted by molar-refractivity contribution is 6.06. The summed E-state index contributed by atoms with van der Waals surface area (Å²) in [5, 5.41) is 0. The van der Waals surface area contributed by atoms with Crippen molar-refractivity contribution in [1.82, 2.24) is 0 Å². The Morgan fingerprint density at radius 3 is 1.55 bits per heavy atom. The van der Waals surface area contributed by atoms with Crippen molar-refractivity contribution in [3.05, 3.63) is 124 Å². The quantitative estimate of drug-likeness (QED) is 0.364. The summed E-state index contributed by atoms with van der Waals surface area (Å²) in [6.45, 7) is 3.99. The fraction of sp³-hybridized carbons (Fsp3) is 0.294. The summed E-state index contributed by atoms with van der Waals surface area (Å²) in [5.41, 5.74) is 4.52. The smallest absolute Gasteiger partial charge is 0.163 e. The highest BCUT2D eigenvalue weighted by Gasteiger charge is 2.45. The Kier molecular flexibility index (Phi) is 6.49. The monoisotopic (exact) mass is 504 g/mol. The van der Waals surface area contributed by atoms with Crippen molar-refractivity contribution in [1.29, 1.82) is 0 Å². The zero-order valence-corrected chi connectivity index (χ0v) is 21.9. The summed E-state index contributed by atoms with van der Waals surface area (Å²) in [6.07, 6.45) is 2.20. The summed E-state index contributed by atoms with van der Waals surface area (Å²) in [6, 6.07) is 28.2. The second-order valence-electron chi connectivity index (χ2n) is 10.8. The first-order chi connectivity index (χ1) is 18.5. The van der Waals surface area contributed by atoms with Gasteiger partial charge in [0.2, 0.25) is 0 Å². The summed E-state index contributed by atoms with van der Waals surface area (Å²) in [7, 11) is 0. The molecule has 3 aliphatic rings. The number of hydrogen-bond donors (Lipinski definition) is 0. The lowest BCUT2D eigenvalue weighted by molar-refractivity contribution is -0.118. The van der Waals surface area contributed by atoms with Gasteiger partial charge in [0.25, 0.3) is 0 Å². The van der Waals surface area contributed by atoms with E-state index in [4.69, 9.17) is 9.47 Å². The predicted octanol–water partition coefficient (Wildman–Crippen LogP) is 7.39. The highest BCUT2D eigenvalue weighted by Crippen LogP contribution is 2.52. The topological polar surface area (TPSA) is 52.6 Å². The van der Waals surface area contributed by atoms with E-state index in [-0.39, 0.29) is 29.5 Å². The van der Waals surface area contributed by atoms with E-state index < -0.39 is 5.92 Å². The lowest BCUT2D eigenvalue weighted by Gasteiger charge is -2.39. The molecule has 6 rings (SSSR count). The lowest BCUT2D eigenvalue weighted by Crippen LogP contribution is -2.33. The molecule has 2 aliphatic carbocycles. The Hall–Kier alpha value is -3.92. The van der Waals surface area contributed by atoms with Gasteiger partial charge in [-0.05, 0) is 54.5 Å². The van der Waals surface area contributed by atoms with Crippen LogP contribution in [-0.4, -0.2) is 17.7 Å². The van der Waals surface area contributed by atoms with Crippen molar-refractivity contribution in [3.8, 4) is 5.75 Å². The zero-order valence-electron chi connectivity index (χ0n) is 21.9. The predicted molar refractivity (Wildman–Crippen MR) is 147 cm³/mol. The fourth-order valence-corrected chi connectivity index (χ4v) is 6.19. The molecule has 192 valence electrons. The van der Waals surface area contributed by atoms with E-state index in [1.54, 1.807) is 0 Å². The van der Waals surface area contributed by atoms with Gasteiger partial charge in [-0.25, -0.2) is 0 Å². The van der Waals surface area contributed by atoms with E-state index in [1.807, 2.05) is 74.5 Å². The SMILES string of the molecule is CC(C)Oc1ccc(C2C3=C(C[C@H](c4ccccc4)CC3=O)OC3=C2C(=O)C[C@H](c2ccccc2)C3)cc1. The van der Waals surface area contributed by atoms with Crippen LogP contribution in [0.3, 0.4) is 0 Å². The van der Waals surface area contributed by atoms with Gasteiger partial charge in [0, 0.05) is 42.7 Å². The Morgan fingerprint density at radius 1 is 0.632 bits per heavy atom. The third-order valence-electron chi connectivity index (χ3n) is 7.88. The van der Waals surface area contributed by atoms with Gasteiger partial charge in [0.1, 0.15) is 17.3 Å². The van der Waals surface area contributed by atoms with Crippen LogP contribution < -0.4 is 4.74 Å². The first-order valence-corrected chi connectivity index (χ1v) is 13.5. The highest BCUT2D eigenvalue weighted by atomic mass is 16.5. The first kappa shape index (κ1) is 24.4. The maximum Gasteiger partial charge on any atom is 0.163 e. The number of hydrogen-bond acceptors (Lipinski definition) is 4. The van der Waals surface area contributed by atoms with Gasteiger partial charge in [0.05, 0.1) is 6.10 Å². The van der Waals surface area contributed by atoms with E-state index in [2.05, 4.69) is 24.3 Å². The molecule has 1 aliphatic heterocycles. The van der Waals surface area contributed by atoms with Gasteiger partial charge in [-0.15, -0.1) is 0 Å². The van der Waals surface area contributed by atoms with Gasteiger partial charge in [0.15, 0.2) is 11.6 Å². The maximum atomic E-state index is 13.8. The molecular formula is C34H32O4. The van der Waals surface area contributed by atoms with Crippen molar-refractivity contribution in [2.75, 3.05) is 0 Å². The lowest BCUT2D eigenvalue weighted by atomic mass is 9.69. The van der Waals surface area contributed by atoms with E-state index >= 15 is 0 Å². The molecule has 0 radical (unpaired) electrons. The normalized spacial score (nSPS) is 23.2.